The molecule has 0 aromatic heterocycles. The average Bonchev–Trinajstić information content (AvgIpc) is 2.37. The molecule has 0 radical (unpaired) electrons. The van der Waals surface area contributed by atoms with Gasteiger partial charge in [0.05, 0.1) is 6.42 Å². The molecule has 0 aliphatic carbocycles. The molecule has 4 nitrogen and oxygen atoms in total. The van der Waals surface area contributed by atoms with Crippen molar-refractivity contribution in [3.63, 3.8) is 0 Å². The number of phenols is 1. The zero-order chi connectivity index (χ0) is 13.4. The lowest BCUT2D eigenvalue weighted by Gasteiger charge is -2.09. The molecule has 4 heteroatoms. The first kappa shape index (κ1) is 14.5. The van der Waals surface area contributed by atoms with Crippen LogP contribution in [0.3, 0.4) is 0 Å². The first-order valence-electron chi connectivity index (χ1n) is 6.37. The van der Waals surface area contributed by atoms with Gasteiger partial charge in [0.1, 0.15) is 5.75 Å². The maximum absolute atomic E-state index is 11.6. The van der Waals surface area contributed by atoms with Gasteiger partial charge in [-0.15, -0.1) is 0 Å². The van der Waals surface area contributed by atoms with Gasteiger partial charge in [-0.2, -0.15) is 0 Å². The third-order valence-electron chi connectivity index (χ3n) is 2.94. The molecule has 0 bridgehead atoms. The molecule has 1 aromatic carbocycles. The topological polar surface area (TPSA) is 75.3 Å². The van der Waals surface area contributed by atoms with Crippen LogP contribution >= 0.6 is 0 Å². The number of para-hydroxylation sites is 1. The van der Waals surface area contributed by atoms with Gasteiger partial charge in [-0.05, 0) is 31.4 Å². The highest BCUT2D eigenvalue weighted by molar-refractivity contribution is 5.79. The second kappa shape index (κ2) is 7.71. The maximum atomic E-state index is 11.6. The molecule has 1 aromatic rings. The third-order valence-corrected chi connectivity index (χ3v) is 2.94. The van der Waals surface area contributed by atoms with E-state index >= 15 is 0 Å². The van der Waals surface area contributed by atoms with Crippen molar-refractivity contribution in [2.45, 2.75) is 26.2 Å². The predicted molar refractivity (Wildman–Crippen MR) is 72.3 cm³/mol. The fourth-order valence-corrected chi connectivity index (χ4v) is 1.69. The highest BCUT2D eigenvalue weighted by Gasteiger charge is 2.06. The fraction of sp³-hybridized carbons (Fsp3) is 0.500. The predicted octanol–water partition coefficient (Wildman–Crippen LogP) is 1.43. The van der Waals surface area contributed by atoms with Crippen LogP contribution in [0.4, 0.5) is 0 Å². The Bertz CT molecular complexity index is 380. The van der Waals surface area contributed by atoms with Crippen LogP contribution in [0.25, 0.3) is 0 Å². The summed E-state index contributed by atoms with van der Waals surface area (Å²) in [5, 5.41) is 12.4. The summed E-state index contributed by atoms with van der Waals surface area (Å²) in [5.41, 5.74) is 6.18. The summed E-state index contributed by atoms with van der Waals surface area (Å²) in [6.07, 6.45) is 2.18. The molecular weight excluding hydrogens is 228 g/mol. The average molecular weight is 250 g/mol. The molecule has 1 unspecified atom stereocenters. The van der Waals surface area contributed by atoms with Crippen LogP contribution in [0.5, 0.6) is 5.75 Å². The van der Waals surface area contributed by atoms with Crippen molar-refractivity contribution in [1.82, 2.24) is 5.32 Å². The van der Waals surface area contributed by atoms with Gasteiger partial charge in [-0.1, -0.05) is 25.1 Å². The van der Waals surface area contributed by atoms with Crippen molar-refractivity contribution >= 4 is 5.91 Å². The van der Waals surface area contributed by atoms with Crippen molar-refractivity contribution in [2.24, 2.45) is 11.7 Å². The van der Waals surface area contributed by atoms with Crippen LogP contribution in [-0.2, 0) is 11.2 Å². The van der Waals surface area contributed by atoms with Crippen molar-refractivity contribution in [1.29, 1.82) is 0 Å². The molecule has 100 valence electrons. The summed E-state index contributed by atoms with van der Waals surface area (Å²) in [6.45, 7) is 3.45. The van der Waals surface area contributed by atoms with Gasteiger partial charge in [-0.25, -0.2) is 0 Å². The summed E-state index contributed by atoms with van der Waals surface area (Å²) in [5.74, 6) is 0.612. The largest absolute Gasteiger partial charge is 0.508 e. The number of hydrogen-bond acceptors (Lipinski definition) is 3. The number of carbonyl (C=O) groups is 1. The summed E-state index contributed by atoms with van der Waals surface area (Å²) in [6, 6.07) is 6.90. The van der Waals surface area contributed by atoms with Crippen molar-refractivity contribution in [3.8, 4) is 5.75 Å². The molecule has 18 heavy (non-hydrogen) atoms. The first-order chi connectivity index (χ1) is 8.63. The molecule has 0 saturated heterocycles. The zero-order valence-electron chi connectivity index (χ0n) is 10.9. The van der Waals surface area contributed by atoms with E-state index in [4.69, 9.17) is 5.73 Å². The lowest BCUT2D eigenvalue weighted by atomic mass is 10.1. The van der Waals surface area contributed by atoms with Crippen molar-refractivity contribution < 1.29 is 9.90 Å². The molecule has 0 fully saturated rings. The highest BCUT2D eigenvalue weighted by Crippen LogP contribution is 2.15. The summed E-state index contributed by atoms with van der Waals surface area (Å²) in [7, 11) is 0. The second-order valence-corrected chi connectivity index (χ2v) is 4.64. The van der Waals surface area contributed by atoms with Gasteiger partial charge in [0.25, 0.3) is 0 Å². The minimum Gasteiger partial charge on any atom is -0.508 e. The van der Waals surface area contributed by atoms with Crippen LogP contribution in [0.15, 0.2) is 24.3 Å². The van der Waals surface area contributed by atoms with Crippen LogP contribution in [0.2, 0.25) is 0 Å². The number of nitrogens with two attached hydrogens (primary N) is 1. The number of benzene rings is 1. The van der Waals surface area contributed by atoms with Gasteiger partial charge in [0.2, 0.25) is 5.91 Å². The number of aromatic hydroxyl groups is 1. The Morgan fingerprint density at radius 3 is 2.83 bits per heavy atom. The quantitative estimate of drug-likeness (QED) is 0.641. The van der Waals surface area contributed by atoms with E-state index in [1.165, 1.54) is 0 Å². The van der Waals surface area contributed by atoms with Gasteiger partial charge in [0, 0.05) is 12.1 Å². The van der Waals surface area contributed by atoms with E-state index in [2.05, 4.69) is 12.2 Å². The summed E-state index contributed by atoms with van der Waals surface area (Å²) in [4.78, 5) is 11.6. The van der Waals surface area contributed by atoms with E-state index in [9.17, 15) is 9.90 Å². The van der Waals surface area contributed by atoms with Gasteiger partial charge in [-0.3, -0.25) is 4.79 Å². The Balaban J connectivity index is 2.24. The van der Waals surface area contributed by atoms with Crippen LogP contribution in [0, 0.1) is 5.92 Å². The molecule has 1 atom stereocenters. The van der Waals surface area contributed by atoms with Crippen LogP contribution < -0.4 is 11.1 Å². The van der Waals surface area contributed by atoms with Crippen LogP contribution in [0.1, 0.15) is 25.3 Å². The van der Waals surface area contributed by atoms with E-state index in [1.807, 2.05) is 6.07 Å². The number of nitrogens with one attached hydrogen (secondary N) is 1. The molecule has 0 saturated carbocycles. The smallest absolute Gasteiger partial charge is 0.224 e. The Labute approximate surface area is 108 Å². The molecular formula is C14H22N2O2. The van der Waals surface area contributed by atoms with E-state index in [0.29, 0.717) is 24.6 Å². The van der Waals surface area contributed by atoms with Gasteiger partial charge in [0.15, 0.2) is 0 Å². The molecule has 0 spiro atoms. The minimum atomic E-state index is -0.0584. The van der Waals surface area contributed by atoms with E-state index in [1.54, 1.807) is 18.2 Å². The van der Waals surface area contributed by atoms with Gasteiger partial charge >= 0.3 is 0 Å². The van der Waals surface area contributed by atoms with E-state index in [-0.39, 0.29) is 18.1 Å². The Kier molecular flexibility index (Phi) is 6.22. The molecule has 1 amide bonds. The monoisotopic (exact) mass is 250 g/mol. The number of rotatable bonds is 7. The zero-order valence-corrected chi connectivity index (χ0v) is 10.9. The molecule has 1 rings (SSSR count). The first-order valence-corrected chi connectivity index (χ1v) is 6.37. The standard InChI is InChI=1S/C14H22N2O2/c1-11(10-15)5-4-8-16-14(18)9-12-6-2-3-7-13(12)17/h2-3,6-7,11,17H,4-5,8-10,15H2,1H3,(H,16,18). The Morgan fingerprint density at radius 1 is 1.44 bits per heavy atom. The summed E-state index contributed by atoms with van der Waals surface area (Å²) < 4.78 is 0. The number of hydrogen-bond donors (Lipinski definition) is 3. The number of amides is 1. The molecule has 0 aliphatic rings. The number of carbonyl (C=O) groups excluding carboxylic acids is 1. The highest BCUT2D eigenvalue weighted by atomic mass is 16.3. The lowest BCUT2D eigenvalue weighted by Crippen LogP contribution is -2.26. The van der Waals surface area contributed by atoms with E-state index < -0.39 is 0 Å². The fourth-order valence-electron chi connectivity index (χ4n) is 1.69. The molecule has 4 N–H and O–H groups in total. The van der Waals surface area contributed by atoms with Crippen molar-refractivity contribution in [2.75, 3.05) is 13.1 Å². The molecule has 0 heterocycles. The summed E-state index contributed by atoms with van der Waals surface area (Å²) >= 11 is 0. The van der Waals surface area contributed by atoms with Crippen molar-refractivity contribution in [3.05, 3.63) is 29.8 Å². The SMILES string of the molecule is CC(CN)CCCNC(=O)Cc1ccccc1O. The minimum absolute atomic E-state index is 0.0584. The van der Waals surface area contributed by atoms with E-state index in [0.717, 1.165) is 12.8 Å². The van der Waals surface area contributed by atoms with Crippen LogP contribution in [-0.4, -0.2) is 24.1 Å². The second-order valence-electron chi connectivity index (χ2n) is 4.64. The number of phenolic OH excluding ortho intramolecular Hbond substituents is 1. The lowest BCUT2D eigenvalue weighted by molar-refractivity contribution is -0.120. The Hall–Kier alpha value is -1.55. The normalized spacial score (nSPS) is 12.1. The Morgan fingerprint density at radius 2 is 2.17 bits per heavy atom. The maximum Gasteiger partial charge on any atom is 0.224 e. The third kappa shape index (κ3) is 5.19. The molecule has 0 aliphatic heterocycles. The van der Waals surface area contributed by atoms with Gasteiger partial charge < -0.3 is 16.2 Å².